The lowest BCUT2D eigenvalue weighted by Crippen LogP contribution is -2.45. The molecule has 1 aromatic carbocycles. The maximum atomic E-state index is 13.6. The summed E-state index contributed by atoms with van der Waals surface area (Å²) >= 11 is 5.68. The first-order valence-corrected chi connectivity index (χ1v) is 7.44. The molecule has 5 heteroatoms. The van der Waals surface area contributed by atoms with Crippen LogP contribution < -0.4 is 0 Å². The van der Waals surface area contributed by atoms with Crippen molar-refractivity contribution in [3.05, 3.63) is 35.4 Å². The highest BCUT2D eigenvalue weighted by Crippen LogP contribution is 2.26. The van der Waals surface area contributed by atoms with Crippen molar-refractivity contribution >= 4 is 17.5 Å². The minimum Gasteiger partial charge on any atom is -0.339 e. The van der Waals surface area contributed by atoms with Crippen LogP contribution in [0, 0.1) is 11.6 Å². The summed E-state index contributed by atoms with van der Waals surface area (Å²) in [7, 11) is 0. The van der Waals surface area contributed by atoms with E-state index in [9.17, 15) is 13.6 Å². The number of amides is 1. The summed E-state index contributed by atoms with van der Waals surface area (Å²) in [6, 6.07) is 3.59. The van der Waals surface area contributed by atoms with Crippen molar-refractivity contribution in [2.24, 2.45) is 0 Å². The molecule has 2 rings (SSSR count). The van der Waals surface area contributed by atoms with E-state index in [0.29, 0.717) is 12.4 Å². The Morgan fingerprint density at radius 1 is 1.35 bits per heavy atom. The minimum absolute atomic E-state index is 0.0229. The molecule has 0 unspecified atom stereocenters. The van der Waals surface area contributed by atoms with E-state index in [0.717, 1.165) is 31.7 Å². The molecule has 1 saturated carbocycles. The highest BCUT2D eigenvalue weighted by atomic mass is 35.5. The average molecular weight is 302 g/mol. The van der Waals surface area contributed by atoms with E-state index in [1.54, 1.807) is 4.90 Å². The molecule has 1 fully saturated rings. The lowest BCUT2D eigenvalue weighted by atomic mass is 9.91. The van der Waals surface area contributed by atoms with Gasteiger partial charge in [-0.15, -0.1) is 11.6 Å². The molecule has 0 saturated heterocycles. The predicted octanol–water partition coefficient (Wildman–Crippen LogP) is 3.52. The summed E-state index contributed by atoms with van der Waals surface area (Å²) in [6.45, 7) is 0.607. The zero-order valence-corrected chi connectivity index (χ0v) is 12.0. The second-order valence-corrected chi connectivity index (χ2v) is 5.50. The summed E-state index contributed by atoms with van der Waals surface area (Å²) < 4.78 is 26.4. The second-order valence-electron chi connectivity index (χ2n) is 5.13. The molecule has 0 aliphatic heterocycles. The molecule has 110 valence electrons. The van der Waals surface area contributed by atoms with Gasteiger partial charge in [-0.2, -0.15) is 0 Å². The quantitative estimate of drug-likeness (QED) is 0.736. The van der Waals surface area contributed by atoms with Crippen LogP contribution in [0.1, 0.15) is 31.2 Å². The van der Waals surface area contributed by atoms with Gasteiger partial charge in [0.25, 0.3) is 0 Å². The van der Waals surface area contributed by atoms with E-state index in [4.69, 9.17) is 11.6 Å². The maximum Gasteiger partial charge on any atom is 0.227 e. The van der Waals surface area contributed by atoms with Gasteiger partial charge in [0.15, 0.2) is 0 Å². The van der Waals surface area contributed by atoms with E-state index in [1.165, 1.54) is 12.1 Å². The minimum atomic E-state index is -0.663. The van der Waals surface area contributed by atoms with Gasteiger partial charge in [-0.25, -0.2) is 8.78 Å². The molecule has 0 N–H and O–H groups in total. The molecule has 1 aliphatic rings. The number of hydrogen-bond donors (Lipinski definition) is 0. The molecule has 0 bridgehead atoms. The van der Waals surface area contributed by atoms with E-state index < -0.39 is 11.6 Å². The number of alkyl halides is 1. The summed E-state index contributed by atoms with van der Waals surface area (Å²) in [6.07, 6.45) is 3.83. The Hall–Kier alpha value is -1.16. The van der Waals surface area contributed by atoms with E-state index in [-0.39, 0.29) is 23.9 Å². The first kappa shape index (κ1) is 15.2. The largest absolute Gasteiger partial charge is 0.339 e. The molecule has 20 heavy (non-hydrogen) atoms. The molecule has 0 aromatic heterocycles. The van der Waals surface area contributed by atoms with Gasteiger partial charge < -0.3 is 4.90 Å². The Kier molecular flexibility index (Phi) is 5.35. The van der Waals surface area contributed by atoms with Gasteiger partial charge in [0.05, 0.1) is 6.42 Å². The van der Waals surface area contributed by atoms with Gasteiger partial charge >= 0.3 is 0 Å². The summed E-state index contributed by atoms with van der Waals surface area (Å²) in [5.74, 6) is -0.896. The van der Waals surface area contributed by atoms with Crippen LogP contribution >= 0.6 is 11.6 Å². The monoisotopic (exact) mass is 301 g/mol. The summed E-state index contributed by atoms with van der Waals surface area (Å²) in [5.41, 5.74) is 0.242. The average Bonchev–Trinajstić information content (AvgIpc) is 2.35. The van der Waals surface area contributed by atoms with Crippen molar-refractivity contribution in [3.63, 3.8) is 0 Å². The lowest BCUT2D eigenvalue weighted by molar-refractivity contribution is -0.134. The Labute approximate surface area is 122 Å². The predicted molar refractivity (Wildman–Crippen MR) is 74.8 cm³/mol. The van der Waals surface area contributed by atoms with Gasteiger partial charge in [-0.1, -0.05) is 6.07 Å². The fourth-order valence-electron chi connectivity index (χ4n) is 2.37. The summed E-state index contributed by atoms with van der Waals surface area (Å²) in [5, 5.41) is 0. The molecule has 2 nitrogen and oxygen atoms in total. The van der Waals surface area contributed by atoms with Gasteiger partial charge in [-0.05, 0) is 37.3 Å². The molecule has 1 amide bonds. The molecular formula is C15H18ClF2NO. The Balaban J connectivity index is 2.03. The Morgan fingerprint density at radius 3 is 2.65 bits per heavy atom. The Morgan fingerprint density at radius 2 is 2.10 bits per heavy atom. The molecular weight excluding hydrogens is 284 g/mol. The van der Waals surface area contributed by atoms with Crippen molar-refractivity contribution in [1.82, 2.24) is 4.90 Å². The molecule has 0 radical (unpaired) electrons. The number of carbonyl (C=O) groups excluding carboxylic acids is 1. The van der Waals surface area contributed by atoms with E-state index >= 15 is 0 Å². The molecule has 0 heterocycles. The van der Waals surface area contributed by atoms with Crippen molar-refractivity contribution in [3.8, 4) is 0 Å². The lowest BCUT2D eigenvalue weighted by Gasteiger charge is -2.37. The maximum absolute atomic E-state index is 13.6. The standard InChI is InChI=1S/C15H18ClF2NO/c16-7-2-8-19(13-3-1-4-13)15(20)9-11-5-6-12(17)10-14(11)18/h5-6,10,13H,1-4,7-9H2. The van der Waals surface area contributed by atoms with Crippen LogP contribution in [-0.4, -0.2) is 29.3 Å². The number of benzene rings is 1. The topological polar surface area (TPSA) is 20.3 Å². The fraction of sp³-hybridized carbons (Fsp3) is 0.533. The van der Waals surface area contributed by atoms with E-state index in [2.05, 4.69) is 0 Å². The van der Waals surface area contributed by atoms with Gasteiger partial charge in [-0.3, -0.25) is 4.79 Å². The molecule has 0 spiro atoms. The SMILES string of the molecule is O=C(Cc1ccc(F)cc1F)N(CCCCl)C1CCC1. The van der Waals surface area contributed by atoms with Crippen molar-refractivity contribution in [2.75, 3.05) is 12.4 Å². The third kappa shape index (κ3) is 3.69. The van der Waals surface area contributed by atoms with Crippen LogP contribution in [0.4, 0.5) is 8.78 Å². The van der Waals surface area contributed by atoms with Crippen molar-refractivity contribution < 1.29 is 13.6 Å². The first-order valence-electron chi connectivity index (χ1n) is 6.91. The highest BCUT2D eigenvalue weighted by Gasteiger charge is 2.28. The number of nitrogens with zero attached hydrogens (tertiary/aromatic N) is 1. The van der Waals surface area contributed by atoms with Gasteiger partial charge in [0, 0.05) is 24.5 Å². The molecule has 0 atom stereocenters. The van der Waals surface area contributed by atoms with Gasteiger partial charge in [0.1, 0.15) is 11.6 Å². The van der Waals surface area contributed by atoms with Crippen LogP contribution in [0.2, 0.25) is 0 Å². The van der Waals surface area contributed by atoms with Crippen LogP contribution in [-0.2, 0) is 11.2 Å². The Bertz CT molecular complexity index is 477. The molecule has 1 aliphatic carbocycles. The summed E-state index contributed by atoms with van der Waals surface area (Å²) in [4.78, 5) is 14.1. The highest BCUT2D eigenvalue weighted by molar-refractivity contribution is 6.17. The zero-order valence-electron chi connectivity index (χ0n) is 11.2. The van der Waals surface area contributed by atoms with Gasteiger partial charge in [0.2, 0.25) is 5.91 Å². The smallest absolute Gasteiger partial charge is 0.227 e. The third-order valence-corrected chi connectivity index (χ3v) is 3.99. The van der Waals surface area contributed by atoms with Crippen molar-refractivity contribution in [2.45, 2.75) is 38.1 Å². The third-order valence-electron chi connectivity index (χ3n) is 3.73. The van der Waals surface area contributed by atoms with Crippen LogP contribution in [0.5, 0.6) is 0 Å². The van der Waals surface area contributed by atoms with Crippen LogP contribution in [0.25, 0.3) is 0 Å². The zero-order chi connectivity index (χ0) is 14.5. The number of hydrogen-bond acceptors (Lipinski definition) is 1. The number of rotatable bonds is 6. The van der Waals surface area contributed by atoms with E-state index in [1.807, 2.05) is 0 Å². The number of carbonyl (C=O) groups is 1. The molecule has 1 aromatic rings. The van der Waals surface area contributed by atoms with Crippen molar-refractivity contribution in [1.29, 1.82) is 0 Å². The normalized spacial score (nSPS) is 14.9. The van der Waals surface area contributed by atoms with Crippen LogP contribution in [0.3, 0.4) is 0 Å². The number of halogens is 3. The van der Waals surface area contributed by atoms with Crippen LogP contribution in [0.15, 0.2) is 18.2 Å². The fourth-order valence-corrected chi connectivity index (χ4v) is 2.49. The second kappa shape index (κ2) is 7.02. The first-order chi connectivity index (χ1) is 9.61.